The lowest BCUT2D eigenvalue weighted by Gasteiger charge is -2.12. The molecular formula is C18H9F6N5O2. The van der Waals surface area contributed by atoms with E-state index >= 15 is 0 Å². The summed E-state index contributed by atoms with van der Waals surface area (Å²) in [5.41, 5.74) is -1.56. The van der Waals surface area contributed by atoms with E-state index in [9.17, 15) is 26.3 Å². The molecule has 1 N–H and O–H groups in total. The molecule has 0 unspecified atom stereocenters. The van der Waals surface area contributed by atoms with Crippen molar-refractivity contribution in [3.63, 3.8) is 0 Å². The van der Waals surface area contributed by atoms with Crippen LogP contribution in [-0.4, -0.2) is 20.3 Å². The van der Waals surface area contributed by atoms with Crippen LogP contribution < -0.4 is 10.1 Å². The molecule has 0 aliphatic rings. The molecule has 0 bridgehead atoms. The fraction of sp³-hybridized carbons (Fsp3) is 0.111. The number of nitrogens with zero attached hydrogens (tertiary/aromatic N) is 4. The standard InChI is InChI=1S/C18H9F6N5O2/c19-17(20,21)9-1-5-11(6-2-9)25-15-16(27-14-13(26-15)28-31-29-14)30-12-7-3-10(4-8-12)18(22,23)24/h1-8H,(H,25,26,28). The summed E-state index contributed by atoms with van der Waals surface area (Å²) in [7, 11) is 0. The molecule has 0 atom stereocenters. The highest BCUT2D eigenvalue weighted by atomic mass is 19.4. The zero-order valence-corrected chi connectivity index (χ0v) is 15.0. The Kier molecular flexibility index (Phi) is 4.87. The minimum Gasteiger partial charge on any atom is -0.436 e. The van der Waals surface area contributed by atoms with Gasteiger partial charge in [0, 0.05) is 5.69 Å². The molecule has 0 saturated carbocycles. The number of aromatic nitrogens is 4. The molecule has 0 fully saturated rings. The number of fused-ring (bicyclic) bond motifs is 1. The van der Waals surface area contributed by atoms with Crippen LogP contribution in [0.4, 0.5) is 37.8 Å². The van der Waals surface area contributed by atoms with Gasteiger partial charge in [-0.25, -0.2) is 4.63 Å². The van der Waals surface area contributed by atoms with Crippen molar-refractivity contribution in [1.82, 2.24) is 20.3 Å². The van der Waals surface area contributed by atoms with E-state index in [0.29, 0.717) is 0 Å². The number of hydrogen-bond donors (Lipinski definition) is 1. The lowest BCUT2D eigenvalue weighted by Crippen LogP contribution is -2.05. The van der Waals surface area contributed by atoms with Crippen LogP contribution in [0.5, 0.6) is 11.6 Å². The zero-order chi connectivity index (χ0) is 22.2. The van der Waals surface area contributed by atoms with Crippen LogP contribution >= 0.6 is 0 Å². The maximum absolute atomic E-state index is 12.7. The van der Waals surface area contributed by atoms with Gasteiger partial charge in [-0.05, 0) is 58.8 Å². The third-order valence-corrected chi connectivity index (χ3v) is 3.95. The summed E-state index contributed by atoms with van der Waals surface area (Å²) < 4.78 is 86.4. The third kappa shape index (κ3) is 4.49. The number of anilines is 2. The second kappa shape index (κ2) is 7.41. The van der Waals surface area contributed by atoms with Crippen molar-refractivity contribution in [2.24, 2.45) is 0 Å². The quantitative estimate of drug-likeness (QED) is 0.414. The molecule has 2 aromatic carbocycles. The molecule has 0 aliphatic heterocycles. The smallest absolute Gasteiger partial charge is 0.416 e. The fourth-order valence-electron chi connectivity index (χ4n) is 2.48. The van der Waals surface area contributed by atoms with Gasteiger partial charge in [0.15, 0.2) is 5.82 Å². The number of halogens is 6. The Bertz CT molecular complexity index is 1110. The van der Waals surface area contributed by atoms with Gasteiger partial charge in [0.1, 0.15) is 5.75 Å². The Morgan fingerprint density at radius 1 is 0.710 bits per heavy atom. The normalized spacial score (nSPS) is 12.2. The van der Waals surface area contributed by atoms with E-state index in [1.54, 1.807) is 0 Å². The minimum absolute atomic E-state index is 0.00794. The highest BCUT2D eigenvalue weighted by Crippen LogP contribution is 2.34. The second-order valence-corrected chi connectivity index (χ2v) is 6.11. The molecule has 0 spiro atoms. The molecule has 13 heteroatoms. The molecule has 0 radical (unpaired) electrons. The predicted molar refractivity (Wildman–Crippen MR) is 93.6 cm³/mol. The van der Waals surface area contributed by atoms with E-state index in [1.807, 2.05) is 0 Å². The number of rotatable bonds is 4. The summed E-state index contributed by atoms with van der Waals surface area (Å²) in [6.45, 7) is 0. The molecule has 4 rings (SSSR count). The lowest BCUT2D eigenvalue weighted by molar-refractivity contribution is -0.138. The average molecular weight is 441 g/mol. The van der Waals surface area contributed by atoms with Gasteiger partial charge in [-0.2, -0.15) is 36.3 Å². The van der Waals surface area contributed by atoms with Gasteiger partial charge in [0.25, 0.3) is 5.88 Å². The van der Waals surface area contributed by atoms with Crippen LogP contribution in [0.15, 0.2) is 53.2 Å². The van der Waals surface area contributed by atoms with Gasteiger partial charge < -0.3 is 10.1 Å². The van der Waals surface area contributed by atoms with Gasteiger partial charge >= 0.3 is 12.4 Å². The molecular weight excluding hydrogens is 432 g/mol. The SMILES string of the molecule is FC(F)(F)c1ccc(Nc2nc3nonc3nc2Oc2ccc(C(F)(F)F)cc2)cc1. The average Bonchev–Trinajstić information content (AvgIpc) is 3.15. The van der Waals surface area contributed by atoms with Crippen LogP contribution in [0, 0.1) is 0 Å². The van der Waals surface area contributed by atoms with Gasteiger partial charge in [0.05, 0.1) is 11.1 Å². The van der Waals surface area contributed by atoms with E-state index in [-0.39, 0.29) is 34.4 Å². The molecule has 160 valence electrons. The van der Waals surface area contributed by atoms with Crippen molar-refractivity contribution in [1.29, 1.82) is 0 Å². The van der Waals surface area contributed by atoms with Gasteiger partial charge in [-0.15, -0.1) is 0 Å². The maximum Gasteiger partial charge on any atom is 0.416 e. The van der Waals surface area contributed by atoms with Crippen molar-refractivity contribution >= 4 is 22.8 Å². The van der Waals surface area contributed by atoms with E-state index < -0.39 is 23.5 Å². The van der Waals surface area contributed by atoms with Crippen molar-refractivity contribution in [2.75, 3.05) is 5.32 Å². The van der Waals surface area contributed by atoms with Crippen LogP contribution in [0.25, 0.3) is 11.3 Å². The van der Waals surface area contributed by atoms with Crippen LogP contribution in [0.1, 0.15) is 11.1 Å². The highest BCUT2D eigenvalue weighted by molar-refractivity contribution is 5.71. The number of ether oxygens (including phenoxy) is 1. The van der Waals surface area contributed by atoms with Crippen molar-refractivity contribution in [3.05, 3.63) is 59.7 Å². The summed E-state index contributed by atoms with van der Waals surface area (Å²) in [6.07, 6.45) is -9.01. The summed E-state index contributed by atoms with van der Waals surface area (Å²) >= 11 is 0. The summed E-state index contributed by atoms with van der Waals surface area (Å²) in [6, 6.07) is 7.86. The van der Waals surface area contributed by atoms with Crippen molar-refractivity contribution in [2.45, 2.75) is 12.4 Å². The molecule has 7 nitrogen and oxygen atoms in total. The van der Waals surface area contributed by atoms with Crippen LogP contribution in [0.2, 0.25) is 0 Å². The molecule has 4 aromatic rings. The monoisotopic (exact) mass is 441 g/mol. The van der Waals surface area contributed by atoms with Crippen molar-refractivity contribution < 1.29 is 35.7 Å². The van der Waals surface area contributed by atoms with Gasteiger partial charge in [-0.3, -0.25) is 0 Å². The fourth-order valence-corrected chi connectivity index (χ4v) is 2.48. The third-order valence-electron chi connectivity index (χ3n) is 3.95. The van der Waals surface area contributed by atoms with Gasteiger partial charge in [0.2, 0.25) is 11.3 Å². The summed E-state index contributed by atoms with van der Waals surface area (Å²) in [5, 5.41) is 9.77. The van der Waals surface area contributed by atoms with Crippen LogP contribution in [0.3, 0.4) is 0 Å². The van der Waals surface area contributed by atoms with Crippen LogP contribution in [-0.2, 0) is 12.4 Å². The molecule has 0 saturated heterocycles. The molecule has 31 heavy (non-hydrogen) atoms. The largest absolute Gasteiger partial charge is 0.436 e. The van der Waals surface area contributed by atoms with Gasteiger partial charge in [-0.1, -0.05) is 0 Å². The first-order chi connectivity index (χ1) is 14.6. The number of nitrogens with one attached hydrogen (secondary N) is 1. The summed E-state index contributed by atoms with van der Waals surface area (Å²) in [5.74, 6) is -0.265. The first-order valence-electron chi connectivity index (χ1n) is 8.39. The van der Waals surface area contributed by atoms with E-state index in [4.69, 9.17) is 4.74 Å². The lowest BCUT2D eigenvalue weighted by atomic mass is 10.2. The van der Waals surface area contributed by atoms with Crippen molar-refractivity contribution in [3.8, 4) is 11.6 Å². The number of benzene rings is 2. The van der Waals surface area contributed by atoms with E-state index in [1.165, 1.54) is 0 Å². The zero-order valence-electron chi connectivity index (χ0n) is 15.0. The maximum atomic E-state index is 12.7. The first kappa shape index (κ1) is 20.4. The predicted octanol–water partition coefficient (Wildman–Crippen LogP) is 5.59. The van der Waals surface area contributed by atoms with E-state index in [2.05, 4.69) is 30.2 Å². The van der Waals surface area contributed by atoms with E-state index in [0.717, 1.165) is 48.5 Å². The second-order valence-electron chi connectivity index (χ2n) is 6.11. The topological polar surface area (TPSA) is 86.0 Å². The Labute approximate surface area is 168 Å². The Morgan fingerprint density at radius 3 is 1.77 bits per heavy atom. The Morgan fingerprint density at radius 2 is 1.23 bits per heavy atom. The highest BCUT2D eigenvalue weighted by Gasteiger charge is 2.31. The minimum atomic E-state index is -4.51. The number of alkyl halides is 6. The first-order valence-corrected chi connectivity index (χ1v) is 8.39. The Balaban J connectivity index is 1.64. The Hall–Kier alpha value is -3.90. The molecule has 2 aromatic heterocycles. The molecule has 0 aliphatic carbocycles. The molecule has 2 heterocycles. The number of hydrogen-bond acceptors (Lipinski definition) is 7. The summed E-state index contributed by atoms with van der Waals surface area (Å²) in [4.78, 5) is 8.12. The molecule has 0 amide bonds.